The van der Waals surface area contributed by atoms with Crippen LogP contribution < -0.4 is 10.6 Å². The molecule has 5 aromatic rings. The van der Waals surface area contributed by atoms with Crippen molar-refractivity contribution >= 4 is 34.8 Å². The number of methoxy groups -OCH3 is 2. The molecule has 2 aliphatic heterocycles. The summed E-state index contributed by atoms with van der Waals surface area (Å²) >= 11 is 0. The number of carbonyl (C=O) groups is 4. The van der Waals surface area contributed by atoms with E-state index in [2.05, 4.69) is 86.3 Å². The number of hydrogen-bond acceptors (Lipinski definition) is 9. The van der Waals surface area contributed by atoms with Gasteiger partial charge in [0.1, 0.15) is 23.7 Å². The van der Waals surface area contributed by atoms with Gasteiger partial charge in [-0.05, 0) is 82.5 Å². The molecule has 3 aliphatic rings. The fourth-order valence-corrected chi connectivity index (χ4v) is 9.00. The summed E-state index contributed by atoms with van der Waals surface area (Å²) in [5.41, 5.74) is 5.81. The number of imidazole rings is 2. The minimum Gasteiger partial charge on any atom is -0.453 e. The van der Waals surface area contributed by atoms with Gasteiger partial charge in [-0.15, -0.1) is 0 Å². The van der Waals surface area contributed by atoms with Crippen molar-refractivity contribution in [1.29, 1.82) is 5.26 Å². The van der Waals surface area contributed by atoms with Crippen LogP contribution in [0.5, 0.6) is 0 Å². The van der Waals surface area contributed by atoms with Crippen molar-refractivity contribution in [3.05, 3.63) is 84.7 Å². The molecule has 4 amide bonds. The molecule has 3 fully saturated rings. The van der Waals surface area contributed by atoms with Crippen LogP contribution in [0.3, 0.4) is 0 Å². The molecule has 0 radical (unpaired) electrons. The SMILES string of the molecule is COC(=O)N[C@H](C(=O)N1C[C@@H](C#N)CC1c1ncc(-c2ccc3cc(-c4ccc(-c5cnc([C@@H]6CC7(CC7)CN6C(=O)[C@@H](NC(=O)OC)C(C)C)[nH]5)cc4)ccc3c2)[nH]1)C(C)C. The van der Waals surface area contributed by atoms with Crippen LogP contribution in [0.1, 0.15) is 77.1 Å². The second-order valence-electron chi connectivity index (χ2n) is 17.7. The smallest absolute Gasteiger partial charge is 0.407 e. The number of nitriles is 1. The number of aromatic amines is 2. The summed E-state index contributed by atoms with van der Waals surface area (Å²) in [4.78, 5) is 71.7. The van der Waals surface area contributed by atoms with Crippen molar-refractivity contribution in [2.45, 2.75) is 77.5 Å². The molecule has 4 heterocycles. The first-order valence-electron chi connectivity index (χ1n) is 21.2. The van der Waals surface area contributed by atoms with Crippen LogP contribution in [-0.2, 0) is 19.1 Å². The van der Waals surface area contributed by atoms with E-state index in [9.17, 15) is 24.4 Å². The quantitative estimate of drug-likeness (QED) is 0.104. The van der Waals surface area contributed by atoms with Gasteiger partial charge in [0.15, 0.2) is 0 Å². The van der Waals surface area contributed by atoms with Crippen LogP contribution in [0.25, 0.3) is 44.4 Å². The van der Waals surface area contributed by atoms with Crippen LogP contribution in [-0.4, -0.2) is 93.1 Å². The number of amides is 4. The topological polar surface area (TPSA) is 198 Å². The standard InChI is InChI=1S/C47H53N9O6/c1-26(2)39(53-45(59)61-5)43(57)55-24-28(21-48)17-37(55)41-49-23-36(52-41)34-14-13-32-18-31(11-12-33(32)19-34)29-7-9-30(10-8-29)35-22-50-42(51-35)38-20-47(15-16-47)25-56(38)44(58)40(27(3)4)54-46(60)62-6/h7-14,18-19,22-23,26-28,37-40H,15-17,20,24-25H2,1-6H3,(H,49,52)(H,50,51)(H,53,59)(H,54,60)/t28-,37?,38+,39+,40+/m1/s1. The Bertz CT molecular complexity index is 2530. The Morgan fingerprint density at radius 2 is 1.23 bits per heavy atom. The number of H-pyrrole nitrogens is 2. The van der Waals surface area contributed by atoms with E-state index in [4.69, 9.17) is 14.5 Å². The van der Waals surface area contributed by atoms with Gasteiger partial charge in [-0.1, -0.05) is 76.2 Å². The Morgan fingerprint density at radius 3 is 1.77 bits per heavy atom. The van der Waals surface area contributed by atoms with Gasteiger partial charge in [0.05, 0.1) is 62.1 Å². The number of benzene rings is 3. The summed E-state index contributed by atoms with van der Waals surface area (Å²) in [6, 6.07) is 21.1. The van der Waals surface area contributed by atoms with Crippen molar-refractivity contribution in [3.8, 4) is 39.7 Å². The van der Waals surface area contributed by atoms with E-state index in [0.29, 0.717) is 18.8 Å². The number of aromatic nitrogens is 4. The first-order chi connectivity index (χ1) is 29.8. The van der Waals surface area contributed by atoms with Gasteiger partial charge < -0.3 is 39.9 Å². The molecule has 15 heteroatoms. The molecule has 4 N–H and O–H groups in total. The van der Waals surface area contributed by atoms with Crippen LogP contribution in [0.15, 0.2) is 73.1 Å². The number of nitrogens with one attached hydrogen (secondary N) is 4. The second kappa shape index (κ2) is 17.0. The van der Waals surface area contributed by atoms with E-state index in [0.717, 1.165) is 69.5 Å². The van der Waals surface area contributed by atoms with Crippen molar-refractivity contribution in [3.63, 3.8) is 0 Å². The fraction of sp³-hybridized carbons (Fsp3) is 0.426. The number of hydrogen-bond donors (Lipinski definition) is 4. The van der Waals surface area contributed by atoms with E-state index >= 15 is 0 Å². The Balaban J connectivity index is 0.962. The average molecular weight is 840 g/mol. The molecule has 1 spiro atoms. The minimum absolute atomic E-state index is 0.112. The van der Waals surface area contributed by atoms with E-state index in [1.165, 1.54) is 14.2 Å². The van der Waals surface area contributed by atoms with Crippen LogP contribution >= 0.6 is 0 Å². The number of nitrogens with zero attached hydrogens (tertiary/aromatic N) is 5. The number of likely N-dealkylation sites (tertiary alicyclic amines) is 2. The molecule has 1 saturated carbocycles. The van der Waals surface area contributed by atoms with Gasteiger partial charge in [0, 0.05) is 18.7 Å². The summed E-state index contributed by atoms with van der Waals surface area (Å²) in [7, 11) is 2.56. The van der Waals surface area contributed by atoms with E-state index < -0.39 is 30.3 Å². The fourth-order valence-electron chi connectivity index (χ4n) is 9.00. The number of ether oxygens (including phenoxy) is 2. The van der Waals surface area contributed by atoms with Crippen molar-refractivity contribution in [2.24, 2.45) is 23.2 Å². The predicted octanol–water partition coefficient (Wildman–Crippen LogP) is 7.51. The highest BCUT2D eigenvalue weighted by Crippen LogP contribution is 2.58. The zero-order valence-electron chi connectivity index (χ0n) is 35.9. The average Bonchev–Trinajstić information content (AvgIpc) is 3.78. The normalized spacial score (nSPS) is 20.0. The number of alkyl carbamates (subject to hydrolysis) is 2. The maximum Gasteiger partial charge on any atom is 0.407 e. The van der Waals surface area contributed by atoms with E-state index in [-0.39, 0.29) is 47.6 Å². The first-order valence-corrected chi connectivity index (χ1v) is 21.2. The second-order valence-corrected chi connectivity index (χ2v) is 17.7. The molecular weight excluding hydrogens is 787 g/mol. The molecule has 62 heavy (non-hydrogen) atoms. The zero-order chi connectivity index (χ0) is 43.9. The Labute approximate surface area is 360 Å². The highest BCUT2D eigenvalue weighted by atomic mass is 16.5. The molecule has 2 aromatic heterocycles. The van der Waals surface area contributed by atoms with Crippen LogP contribution in [0.2, 0.25) is 0 Å². The zero-order valence-corrected chi connectivity index (χ0v) is 35.9. The van der Waals surface area contributed by atoms with Crippen LogP contribution in [0, 0.1) is 34.5 Å². The summed E-state index contributed by atoms with van der Waals surface area (Å²) in [5.74, 6) is 0.262. The molecule has 0 bridgehead atoms. The maximum atomic E-state index is 13.9. The maximum absolute atomic E-state index is 13.9. The van der Waals surface area contributed by atoms with Crippen LogP contribution in [0.4, 0.5) is 9.59 Å². The lowest BCUT2D eigenvalue weighted by Gasteiger charge is -2.30. The third-order valence-corrected chi connectivity index (χ3v) is 12.8. The number of rotatable bonds is 11. The Hall–Kier alpha value is -6.69. The van der Waals surface area contributed by atoms with Gasteiger partial charge in [-0.25, -0.2) is 19.6 Å². The van der Waals surface area contributed by atoms with Crippen molar-refractivity contribution in [1.82, 2.24) is 40.4 Å². The molecule has 322 valence electrons. The lowest BCUT2D eigenvalue weighted by molar-refractivity contribution is -0.136. The van der Waals surface area contributed by atoms with Gasteiger partial charge in [0.2, 0.25) is 11.8 Å². The molecular formula is C47H53N9O6. The summed E-state index contributed by atoms with van der Waals surface area (Å²) in [6.07, 6.45) is 5.70. The van der Waals surface area contributed by atoms with Gasteiger partial charge in [-0.3, -0.25) is 9.59 Å². The number of carbonyl (C=O) groups excluding carboxylic acids is 4. The highest BCUT2D eigenvalue weighted by molar-refractivity contribution is 5.91. The monoisotopic (exact) mass is 839 g/mol. The minimum atomic E-state index is -0.809. The third kappa shape index (κ3) is 8.33. The largest absolute Gasteiger partial charge is 0.453 e. The Kier molecular flexibility index (Phi) is 11.5. The lowest BCUT2D eigenvalue weighted by Crippen LogP contribution is -2.51. The summed E-state index contributed by atoms with van der Waals surface area (Å²) in [6.45, 7) is 8.43. The first kappa shape index (κ1) is 42.0. The molecule has 3 aromatic carbocycles. The number of fused-ring (bicyclic) bond motifs is 1. The summed E-state index contributed by atoms with van der Waals surface area (Å²) in [5, 5.41) is 17.3. The Morgan fingerprint density at radius 1 is 0.726 bits per heavy atom. The van der Waals surface area contributed by atoms with E-state index in [1.807, 2.05) is 44.9 Å². The molecule has 1 aliphatic carbocycles. The molecule has 15 nitrogen and oxygen atoms in total. The van der Waals surface area contributed by atoms with Crippen molar-refractivity contribution in [2.75, 3.05) is 27.3 Å². The van der Waals surface area contributed by atoms with Crippen molar-refractivity contribution < 1.29 is 28.7 Å². The highest BCUT2D eigenvalue weighted by Gasteiger charge is 2.55. The molecule has 1 unspecified atom stereocenters. The molecule has 2 saturated heterocycles. The predicted molar refractivity (Wildman–Crippen MR) is 232 cm³/mol. The van der Waals surface area contributed by atoms with Gasteiger partial charge in [0.25, 0.3) is 0 Å². The summed E-state index contributed by atoms with van der Waals surface area (Å²) < 4.78 is 9.58. The third-order valence-electron chi connectivity index (χ3n) is 12.8. The molecule has 8 rings (SSSR count). The van der Waals surface area contributed by atoms with Gasteiger partial charge >= 0.3 is 12.2 Å². The van der Waals surface area contributed by atoms with Gasteiger partial charge in [-0.2, -0.15) is 5.26 Å². The van der Waals surface area contributed by atoms with E-state index in [1.54, 1.807) is 11.1 Å². The lowest BCUT2D eigenvalue weighted by atomic mass is 9.98. The molecule has 5 atom stereocenters.